The number of pyridine rings is 1. The van der Waals surface area contributed by atoms with Gasteiger partial charge in [-0.25, -0.2) is 14.4 Å². The number of nitrogen functional groups attached to an aromatic ring is 1. The third kappa shape index (κ3) is 4.33. The van der Waals surface area contributed by atoms with E-state index in [0.717, 1.165) is 21.3 Å². The molecule has 10 heteroatoms. The zero-order chi connectivity index (χ0) is 22.8. The Morgan fingerprint density at radius 1 is 1.28 bits per heavy atom. The van der Waals surface area contributed by atoms with Crippen LogP contribution in [0.3, 0.4) is 0 Å². The van der Waals surface area contributed by atoms with Gasteiger partial charge in [-0.3, -0.25) is 4.68 Å². The molecule has 162 valence electrons. The van der Waals surface area contributed by atoms with Crippen molar-refractivity contribution >= 4 is 21.7 Å². The smallest absolute Gasteiger partial charge is 0.166 e. The van der Waals surface area contributed by atoms with Gasteiger partial charge in [0.25, 0.3) is 0 Å². The number of halogens is 2. The van der Waals surface area contributed by atoms with Crippen LogP contribution in [0.15, 0.2) is 53.7 Å². The number of rotatable bonds is 6. The molecule has 4 aromatic rings. The van der Waals surface area contributed by atoms with E-state index in [0.29, 0.717) is 23.6 Å². The van der Waals surface area contributed by atoms with Gasteiger partial charge in [-0.15, -0.1) is 0 Å². The minimum Gasteiger partial charge on any atom is -0.482 e. The summed E-state index contributed by atoms with van der Waals surface area (Å²) in [6.07, 6.45) is 6.06. The first kappa shape index (κ1) is 21.5. The minimum absolute atomic E-state index is 0.243. The predicted octanol–water partition coefficient (Wildman–Crippen LogP) is 4.22. The van der Waals surface area contributed by atoms with Gasteiger partial charge in [0, 0.05) is 40.6 Å². The van der Waals surface area contributed by atoms with E-state index in [1.807, 2.05) is 20.0 Å². The van der Waals surface area contributed by atoms with Gasteiger partial charge in [-0.1, -0.05) is 0 Å². The highest BCUT2D eigenvalue weighted by Crippen LogP contribution is 2.35. The van der Waals surface area contributed by atoms with Crippen LogP contribution < -0.4 is 10.5 Å². The van der Waals surface area contributed by atoms with E-state index in [9.17, 15) is 4.39 Å². The number of aromatic nitrogens is 5. The second kappa shape index (κ2) is 8.80. The Morgan fingerprint density at radius 3 is 2.84 bits per heavy atom. The maximum Gasteiger partial charge on any atom is 0.166 e. The summed E-state index contributed by atoms with van der Waals surface area (Å²) in [6, 6.07) is 8.30. The molecule has 32 heavy (non-hydrogen) atoms. The zero-order valence-corrected chi connectivity index (χ0v) is 18.9. The molecule has 0 radical (unpaired) electrons. The van der Waals surface area contributed by atoms with E-state index in [1.54, 1.807) is 46.3 Å². The molecule has 2 N–H and O–H groups in total. The molecule has 0 saturated heterocycles. The van der Waals surface area contributed by atoms with Crippen molar-refractivity contribution < 1.29 is 9.13 Å². The van der Waals surface area contributed by atoms with Crippen molar-refractivity contribution in [3.05, 3.63) is 76.3 Å². The molecule has 3 aromatic heterocycles. The molecule has 0 spiro atoms. The topological polar surface area (TPSA) is 108 Å². The molecule has 0 aliphatic rings. The number of nitrogens with two attached hydrogens (primary N) is 1. The average Bonchev–Trinajstić information content (AvgIpc) is 3.37. The predicted molar refractivity (Wildman–Crippen MR) is 120 cm³/mol. The number of nitriles is 1. The molecular formula is C22H19BrFN7O. The Morgan fingerprint density at radius 2 is 2.09 bits per heavy atom. The molecule has 0 amide bonds. The fourth-order valence-corrected chi connectivity index (χ4v) is 3.82. The van der Waals surface area contributed by atoms with Crippen LogP contribution in [0.25, 0.3) is 11.3 Å². The van der Waals surface area contributed by atoms with Gasteiger partial charge in [0.05, 0.1) is 24.8 Å². The first-order valence-corrected chi connectivity index (χ1v) is 10.4. The van der Waals surface area contributed by atoms with Gasteiger partial charge in [0.15, 0.2) is 17.3 Å². The van der Waals surface area contributed by atoms with Crippen LogP contribution in [0, 0.1) is 17.1 Å². The largest absolute Gasteiger partial charge is 0.482 e. The Balaban J connectivity index is 1.73. The Labute approximate surface area is 192 Å². The molecule has 1 unspecified atom stereocenters. The van der Waals surface area contributed by atoms with E-state index in [1.165, 1.54) is 12.1 Å². The number of hydrogen-bond acceptors (Lipinski definition) is 6. The summed E-state index contributed by atoms with van der Waals surface area (Å²) in [6.45, 7) is 2.27. The van der Waals surface area contributed by atoms with Crippen molar-refractivity contribution in [1.82, 2.24) is 24.3 Å². The average molecular weight is 496 g/mol. The van der Waals surface area contributed by atoms with Crippen LogP contribution in [0.2, 0.25) is 0 Å². The number of benzene rings is 1. The SMILES string of the molecule is CC(Oc1cc(Br)cnc1N)c1cc(F)ccc1-c1c(Cn2cnc(C#N)c2)cnn1C. The maximum atomic E-state index is 14.3. The Hall–Kier alpha value is -3.71. The zero-order valence-electron chi connectivity index (χ0n) is 17.3. The fraction of sp³-hybridized carbons (Fsp3) is 0.182. The summed E-state index contributed by atoms with van der Waals surface area (Å²) >= 11 is 3.36. The van der Waals surface area contributed by atoms with Gasteiger partial charge in [-0.2, -0.15) is 10.4 Å². The molecule has 0 aliphatic carbocycles. The van der Waals surface area contributed by atoms with Gasteiger partial charge in [-0.05, 0) is 47.1 Å². The highest BCUT2D eigenvalue weighted by atomic mass is 79.9. The number of ether oxygens (including phenoxy) is 1. The normalized spacial score (nSPS) is 11.8. The number of aryl methyl sites for hydroxylation is 1. The quantitative estimate of drug-likeness (QED) is 0.428. The summed E-state index contributed by atoms with van der Waals surface area (Å²) < 4.78 is 24.6. The van der Waals surface area contributed by atoms with Gasteiger partial charge in [0.1, 0.15) is 18.0 Å². The van der Waals surface area contributed by atoms with Crippen molar-refractivity contribution in [2.45, 2.75) is 19.6 Å². The molecular weight excluding hydrogens is 477 g/mol. The van der Waals surface area contributed by atoms with Crippen LogP contribution in [-0.4, -0.2) is 24.3 Å². The molecule has 1 atom stereocenters. The van der Waals surface area contributed by atoms with Crippen LogP contribution in [0.5, 0.6) is 5.75 Å². The maximum absolute atomic E-state index is 14.3. The monoisotopic (exact) mass is 495 g/mol. The summed E-state index contributed by atoms with van der Waals surface area (Å²) in [5.41, 5.74) is 9.39. The van der Waals surface area contributed by atoms with Gasteiger partial charge >= 0.3 is 0 Å². The van der Waals surface area contributed by atoms with E-state index in [2.05, 4.69) is 31.0 Å². The molecule has 0 fully saturated rings. The van der Waals surface area contributed by atoms with Crippen LogP contribution in [0.4, 0.5) is 10.2 Å². The molecule has 3 heterocycles. The van der Waals surface area contributed by atoms with Gasteiger partial charge < -0.3 is 15.0 Å². The first-order chi connectivity index (χ1) is 15.4. The third-order valence-electron chi connectivity index (χ3n) is 4.97. The molecule has 8 nitrogen and oxygen atoms in total. The molecule has 0 saturated carbocycles. The summed E-state index contributed by atoms with van der Waals surface area (Å²) in [5, 5.41) is 13.4. The highest BCUT2D eigenvalue weighted by molar-refractivity contribution is 9.10. The van der Waals surface area contributed by atoms with Crippen molar-refractivity contribution in [2.24, 2.45) is 7.05 Å². The van der Waals surface area contributed by atoms with E-state index in [-0.39, 0.29) is 11.6 Å². The second-order valence-electron chi connectivity index (χ2n) is 7.21. The van der Waals surface area contributed by atoms with Crippen LogP contribution in [-0.2, 0) is 13.6 Å². The standard InChI is InChI=1S/C22H19BrFN7O/c1-13(32-20-5-15(23)9-27-22(20)26)19-6-16(24)3-4-18(19)21-14(8-29-30(21)2)10-31-11-17(7-25)28-12-31/h3-6,8-9,11-13H,10H2,1-2H3,(H2,26,27). The summed E-state index contributed by atoms with van der Waals surface area (Å²) in [4.78, 5) is 8.13. The lowest BCUT2D eigenvalue weighted by atomic mass is 9.97. The number of anilines is 1. The number of imidazole rings is 1. The van der Waals surface area contributed by atoms with Crippen LogP contribution in [0.1, 0.15) is 29.8 Å². The summed E-state index contributed by atoms with van der Waals surface area (Å²) in [7, 11) is 1.82. The lowest BCUT2D eigenvalue weighted by Gasteiger charge is -2.20. The van der Waals surface area contributed by atoms with Crippen molar-refractivity contribution in [1.29, 1.82) is 5.26 Å². The van der Waals surface area contributed by atoms with Gasteiger partial charge in [0.2, 0.25) is 0 Å². The fourth-order valence-electron chi connectivity index (χ4n) is 3.51. The van der Waals surface area contributed by atoms with E-state index < -0.39 is 6.10 Å². The highest BCUT2D eigenvalue weighted by Gasteiger charge is 2.21. The second-order valence-corrected chi connectivity index (χ2v) is 8.13. The molecule has 1 aromatic carbocycles. The van der Waals surface area contributed by atoms with Crippen molar-refractivity contribution in [2.75, 3.05) is 5.73 Å². The van der Waals surface area contributed by atoms with Crippen LogP contribution >= 0.6 is 15.9 Å². The molecule has 0 aliphatic heterocycles. The number of nitrogens with zero attached hydrogens (tertiary/aromatic N) is 6. The van der Waals surface area contributed by atoms with E-state index >= 15 is 0 Å². The van der Waals surface area contributed by atoms with Crippen molar-refractivity contribution in [3.8, 4) is 23.1 Å². The van der Waals surface area contributed by atoms with Crippen molar-refractivity contribution in [3.63, 3.8) is 0 Å². The van der Waals surface area contributed by atoms with E-state index in [4.69, 9.17) is 15.7 Å². The third-order valence-corrected chi connectivity index (χ3v) is 5.41. The molecule has 4 rings (SSSR count). The summed E-state index contributed by atoms with van der Waals surface area (Å²) in [5.74, 6) is 0.263. The Kier molecular flexibility index (Phi) is 5.92. The first-order valence-electron chi connectivity index (χ1n) is 9.66. The molecule has 0 bridgehead atoms. The lowest BCUT2D eigenvalue weighted by molar-refractivity contribution is 0.227. The Bertz CT molecular complexity index is 1320. The minimum atomic E-state index is -0.528. The number of hydrogen-bond donors (Lipinski definition) is 1. The lowest BCUT2D eigenvalue weighted by Crippen LogP contribution is -2.09.